The highest BCUT2D eigenvalue weighted by atomic mass is 16.6. The molecule has 0 heterocycles. The van der Waals surface area contributed by atoms with Crippen molar-refractivity contribution in [1.29, 1.82) is 0 Å². The van der Waals surface area contributed by atoms with Crippen molar-refractivity contribution in [3.8, 4) is 0 Å². The van der Waals surface area contributed by atoms with Crippen LogP contribution in [-0.4, -0.2) is 30.1 Å². The van der Waals surface area contributed by atoms with E-state index in [0.717, 1.165) is 5.56 Å². The highest BCUT2D eigenvalue weighted by Gasteiger charge is 2.17. The summed E-state index contributed by atoms with van der Waals surface area (Å²) in [5.74, 6) is -0.650. The van der Waals surface area contributed by atoms with E-state index in [9.17, 15) is 14.4 Å². The maximum absolute atomic E-state index is 12.5. The van der Waals surface area contributed by atoms with Crippen LogP contribution < -0.4 is 16.0 Å². The van der Waals surface area contributed by atoms with Crippen LogP contribution in [0.25, 0.3) is 0 Å². The van der Waals surface area contributed by atoms with Crippen LogP contribution in [0.2, 0.25) is 0 Å². The third kappa shape index (κ3) is 8.12. The van der Waals surface area contributed by atoms with Gasteiger partial charge in [0.15, 0.2) is 0 Å². The average Bonchev–Trinajstić information content (AvgIpc) is 2.65. The molecule has 31 heavy (non-hydrogen) atoms. The lowest BCUT2D eigenvalue weighted by molar-refractivity contribution is -0.115. The molecule has 3 N–H and O–H groups in total. The van der Waals surface area contributed by atoms with E-state index in [-0.39, 0.29) is 17.9 Å². The molecule has 7 nitrogen and oxygen atoms in total. The minimum Gasteiger partial charge on any atom is -0.444 e. The van der Waals surface area contributed by atoms with Crippen molar-refractivity contribution in [2.24, 2.45) is 0 Å². The number of ether oxygens (including phenoxy) is 1. The van der Waals surface area contributed by atoms with Crippen molar-refractivity contribution >= 4 is 29.3 Å². The third-order valence-electron chi connectivity index (χ3n) is 4.21. The van der Waals surface area contributed by atoms with Crippen LogP contribution in [0.3, 0.4) is 0 Å². The Morgan fingerprint density at radius 1 is 0.839 bits per heavy atom. The number of anilines is 2. The van der Waals surface area contributed by atoms with E-state index in [1.54, 1.807) is 57.2 Å². The Morgan fingerprint density at radius 2 is 1.42 bits per heavy atom. The molecule has 7 heteroatoms. The number of nitrogens with one attached hydrogen (secondary N) is 3. The zero-order valence-corrected chi connectivity index (χ0v) is 19.0. The predicted molar refractivity (Wildman–Crippen MR) is 122 cm³/mol. The first-order chi connectivity index (χ1) is 14.3. The minimum atomic E-state index is -0.666. The molecule has 0 spiro atoms. The normalized spacial score (nSPS) is 11.4. The lowest BCUT2D eigenvalue weighted by Gasteiger charge is -2.19. The van der Waals surface area contributed by atoms with Crippen LogP contribution in [-0.2, 0) is 14.9 Å². The van der Waals surface area contributed by atoms with E-state index in [0.29, 0.717) is 16.9 Å². The van der Waals surface area contributed by atoms with Gasteiger partial charge < -0.3 is 20.7 Å². The molecular formula is C24H31N3O4. The fourth-order valence-electron chi connectivity index (χ4n) is 2.67. The summed E-state index contributed by atoms with van der Waals surface area (Å²) >= 11 is 0. The van der Waals surface area contributed by atoms with Crippen LogP contribution in [0.1, 0.15) is 57.5 Å². The number of hydrogen-bond donors (Lipinski definition) is 3. The molecule has 0 atom stereocenters. The van der Waals surface area contributed by atoms with Crippen molar-refractivity contribution in [3.05, 3.63) is 59.7 Å². The molecule has 0 bridgehead atoms. The van der Waals surface area contributed by atoms with E-state index in [2.05, 4.69) is 36.7 Å². The summed E-state index contributed by atoms with van der Waals surface area (Å²) in [7, 11) is 0. The first-order valence-corrected chi connectivity index (χ1v) is 10.1. The van der Waals surface area contributed by atoms with E-state index in [1.165, 1.54) is 0 Å². The SMILES string of the molecule is CC(C)(C)OC(=O)NCC(=O)Nc1cccc(NC(=O)c2ccc(C(C)(C)C)cc2)c1. The van der Waals surface area contributed by atoms with E-state index in [1.807, 2.05) is 12.1 Å². The van der Waals surface area contributed by atoms with Crippen molar-refractivity contribution in [1.82, 2.24) is 5.32 Å². The van der Waals surface area contributed by atoms with Gasteiger partial charge in [-0.3, -0.25) is 9.59 Å². The van der Waals surface area contributed by atoms with Crippen LogP contribution >= 0.6 is 0 Å². The first kappa shape index (κ1) is 23.9. The molecule has 0 radical (unpaired) electrons. The van der Waals surface area contributed by atoms with Crippen LogP contribution in [0.4, 0.5) is 16.2 Å². The van der Waals surface area contributed by atoms with Crippen LogP contribution in [0.15, 0.2) is 48.5 Å². The number of amides is 3. The standard InChI is InChI=1S/C24H31N3O4/c1-23(2,3)17-12-10-16(11-13-17)21(29)27-19-9-7-8-18(14-19)26-20(28)15-25-22(30)31-24(4,5)6/h7-14H,15H2,1-6H3,(H,25,30)(H,26,28)(H,27,29). The molecule has 2 aromatic rings. The molecule has 3 amide bonds. The largest absolute Gasteiger partial charge is 0.444 e. The topological polar surface area (TPSA) is 96.5 Å². The van der Waals surface area contributed by atoms with Crippen molar-refractivity contribution in [3.63, 3.8) is 0 Å². The molecule has 0 saturated carbocycles. The van der Waals surface area contributed by atoms with E-state index in [4.69, 9.17) is 4.74 Å². The highest BCUT2D eigenvalue weighted by Crippen LogP contribution is 2.23. The van der Waals surface area contributed by atoms with Gasteiger partial charge in [0.25, 0.3) is 5.91 Å². The summed E-state index contributed by atoms with van der Waals surface area (Å²) in [4.78, 5) is 36.3. The third-order valence-corrected chi connectivity index (χ3v) is 4.21. The van der Waals surface area contributed by atoms with Gasteiger partial charge in [0.2, 0.25) is 5.91 Å². The lowest BCUT2D eigenvalue weighted by Crippen LogP contribution is -2.37. The van der Waals surface area contributed by atoms with Gasteiger partial charge in [-0.1, -0.05) is 39.0 Å². The number of carbonyl (C=O) groups excluding carboxylic acids is 3. The monoisotopic (exact) mass is 425 g/mol. The van der Waals surface area contributed by atoms with Gasteiger partial charge in [-0.15, -0.1) is 0 Å². The number of benzene rings is 2. The maximum Gasteiger partial charge on any atom is 0.408 e. The molecule has 0 aromatic heterocycles. The van der Waals surface area contributed by atoms with Gasteiger partial charge in [0.1, 0.15) is 12.1 Å². The van der Waals surface area contributed by atoms with Gasteiger partial charge in [0, 0.05) is 16.9 Å². The second-order valence-electron chi connectivity index (χ2n) is 9.27. The Morgan fingerprint density at radius 3 is 1.97 bits per heavy atom. The van der Waals surface area contributed by atoms with Gasteiger partial charge in [-0.25, -0.2) is 4.79 Å². The molecule has 0 aliphatic heterocycles. The molecule has 166 valence electrons. The molecule has 0 aliphatic carbocycles. The Labute approximate surface area is 183 Å². The summed E-state index contributed by atoms with van der Waals surface area (Å²) in [6.07, 6.45) is -0.666. The van der Waals surface area contributed by atoms with E-state index < -0.39 is 17.6 Å². The fraction of sp³-hybridized carbons (Fsp3) is 0.375. The Kier molecular flexibility index (Phi) is 7.44. The minimum absolute atomic E-state index is 0.0138. The Balaban J connectivity index is 1.93. The smallest absolute Gasteiger partial charge is 0.408 e. The summed E-state index contributed by atoms with van der Waals surface area (Å²) in [6, 6.07) is 14.3. The average molecular weight is 426 g/mol. The number of rotatable bonds is 5. The summed E-state index contributed by atoms with van der Waals surface area (Å²) < 4.78 is 5.09. The lowest BCUT2D eigenvalue weighted by atomic mass is 9.87. The predicted octanol–water partition coefficient (Wildman–Crippen LogP) is 4.70. The molecule has 0 saturated heterocycles. The summed E-state index contributed by atoms with van der Waals surface area (Å²) in [6.45, 7) is 11.3. The van der Waals surface area contributed by atoms with Gasteiger partial charge in [0.05, 0.1) is 0 Å². The van der Waals surface area contributed by atoms with Gasteiger partial charge >= 0.3 is 6.09 Å². The zero-order chi connectivity index (χ0) is 23.2. The first-order valence-electron chi connectivity index (χ1n) is 10.1. The molecule has 0 aliphatic rings. The molecule has 2 rings (SSSR count). The Hall–Kier alpha value is -3.35. The quantitative estimate of drug-likeness (QED) is 0.647. The zero-order valence-electron chi connectivity index (χ0n) is 19.0. The molecular weight excluding hydrogens is 394 g/mol. The second kappa shape index (κ2) is 9.64. The van der Waals surface area contributed by atoms with Crippen LogP contribution in [0.5, 0.6) is 0 Å². The molecule has 0 unspecified atom stereocenters. The summed E-state index contributed by atoms with van der Waals surface area (Å²) in [5.41, 5.74) is 2.11. The van der Waals surface area contributed by atoms with Gasteiger partial charge in [-0.05, 0) is 62.1 Å². The molecule has 2 aromatic carbocycles. The number of carbonyl (C=O) groups is 3. The highest BCUT2D eigenvalue weighted by molar-refractivity contribution is 6.04. The fourth-order valence-corrected chi connectivity index (χ4v) is 2.67. The van der Waals surface area contributed by atoms with Crippen LogP contribution in [0, 0.1) is 0 Å². The summed E-state index contributed by atoms with van der Waals surface area (Å²) in [5, 5.41) is 7.90. The number of hydrogen-bond acceptors (Lipinski definition) is 4. The van der Waals surface area contributed by atoms with Crippen molar-refractivity contribution in [2.75, 3.05) is 17.2 Å². The van der Waals surface area contributed by atoms with Gasteiger partial charge in [-0.2, -0.15) is 0 Å². The van der Waals surface area contributed by atoms with E-state index >= 15 is 0 Å². The second-order valence-corrected chi connectivity index (χ2v) is 9.27. The maximum atomic E-state index is 12.5. The van der Waals surface area contributed by atoms with Crippen molar-refractivity contribution < 1.29 is 19.1 Å². The van der Waals surface area contributed by atoms with Crippen molar-refractivity contribution in [2.45, 2.75) is 52.6 Å². The Bertz CT molecular complexity index is 939. The number of alkyl carbamates (subject to hydrolysis) is 1. The molecule has 0 fully saturated rings.